The molecule has 0 aromatic heterocycles. The molecule has 1 aromatic rings. The summed E-state index contributed by atoms with van der Waals surface area (Å²) in [4.78, 5) is 23.9. The van der Waals surface area contributed by atoms with Gasteiger partial charge in [0.2, 0.25) is 0 Å². The molecule has 1 saturated heterocycles. The van der Waals surface area contributed by atoms with Gasteiger partial charge in [-0.25, -0.2) is 4.79 Å². The maximum Gasteiger partial charge on any atom is 0.344 e. The van der Waals surface area contributed by atoms with Crippen molar-refractivity contribution in [2.24, 2.45) is 5.92 Å². The molecule has 1 aromatic carbocycles. The smallest absolute Gasteiger partial charge is 0.344 e. The number of nitrogens with one attached hydrogen (secondary N) is 1. The minimum absolute atomic E-state index is 0.368. The van der Waals surface area contributed by atoms with Crippen LogP contribution in [-0.2, 0) is 20.1 Å². The molecule has 154 valence electrons. The van der Waals surface area contributed by atoms with Crippen LogP contribution in [0.25, 0.3) is 0 Å². The molecule has 1 heterocycles. The molecule has 2 fully saturated rings. The van der Waals surface area contributed by atoms with E-state index < -0.39 is 16.8 Å². The zero-order valence-electron chi connectivity index (χ0n) is 16.6. The number of benzene rings is 1. The van der Waals surface area contributed by atoms with Crippen molar-refractivity contribution in [3.63, 3.8) is 0 Å². The number of esters is 2. The van der Waals surface area contributed by atoms with E-state index in [0.717, 1.165) is 13.0 Å². The molecule has 0 amide bonds. The molecule has 3 rings (SSSR count). The maximum atomic E-state index is 12.7. The summed E-state index contributed by atoms with van der Waals surface area (Å²) in [5, 5.41) is 3.28. The van der Waals surface area contributed by atoms with Gasteiger partial charge in [0.1, 0.15) is 0 Å². The predicted octanol–water partition coefficient (Wildman–Crippen LogP) is 4.68. The Balaban J connectivity index is 1.60. The van der Waals surface area contributed by atoms with Gasteiger partial charge in [0.15, 0.2) is 4.87 Å². The summed E-state index contributed by atoms with van der Waals surface area (Å²) in [5.74, 6) is 0.435. The average molecular weight is 422 g/mol. The number of thiol groups is 1. The zero-order chi connectivity index (χ0) is 20.0. The lowest BCUT2D eigenvalue weighted by atomic mass is 9.84. The Kier molecular flexibility index (Phi) is 7.89. The van der Waals surface area contributed by atoms with Gasteiger partial charge in [-0.05, 0) is 49.3 Å². The highest BCUT2D eigenvalue weighted by atomic mass is 32.2. The van der Waals surface area contributed by atoms with Crippen LogP contribution < -0.4 is 5.32 Å². The second-order valence-electron chi connectivity index (χ2n) is 8.01. The van der Waals surface area contributed by atoms with Crippen molar-refractivity contribution in [2.75, 3.05) is 12.3 Å². The maximum absolute atomic E-state index is 12.7. The zero-order valence-corrected chi connectivity index (χ0v) is 18.3. The SMILES string of the molecule is C[C@H](CS)C(=O)OC(=O)[C@]1(SCc2ccc(C3CCCCC3)cc2)CCCN1. The van der Waals surface area contributed by atoms with E-state index in [1.807, 2.05) is 0 Å². The summed E-state index contributed by atoms with van der Waals surface area (Å²) >= 11 is 5.65. The van der Waals surface area contributed by atoms with Crippen LogP contribution in [0.4, 0.5) is 0 Å². The Labute approximate surface area is 178 Å². The minimum Gasteiger partial charge on any atom is -0.391 e. The molecular formula is C22H31NO3S2. The number of rotatable bonds is 7. The normalized spacial score (nSPS) is 24.1. The van der Waals surface area contributed by atoms with Crippen LogP contribution in [0.2, 0.25) is 0 Å². The lowest BCUT2D eigenvalue weighted by Crippen LogP contribution is -2.47. The van der Waals surface area contributed by atoms with Gasteiger partial charge in [0.25, 0.3) is 0 Å². The molecule has 1 aliphatic heterocycles. The van der Waals surface area contributed by atoms with Crippen LogP contribution in [0.5, 0.6) is 0 Å². The number of carbonyl (C=O) groups is 2. The van der Waals surface area contributed by atoms with E-state index in [9.17, 15) is 9.59 Å². The Hall–Kier alpha value is -0.980. The van der Waals surface area contributed by atoms with Gasteiger partial charge in [0, 0.05) is 11.5 Å². The van der Waals surface area contributed by atoms with Gasteiger partial charge in [-0.1, -0.05) is 50.5 Å². The summed E-state index contributed by atoms with van der Waals surface area (Å²) in [6, 6.07) is 8.85. The summed E-state index contributed by atoms with van der Waals surface area (Å²) < 4.78 is 5.17. The van der Waals surface area contributed by atoms with E-state index >= 15 is 0 Å². The van der Waals surface area contributed by atoms with Crippen LogP contribution in [0, 0.1) is 5.92 Å². The third kappa shape index (κ3) is 5.33. The van der Waals surface area contributed by atoms with E-state index in [1.165, 1.54) is 55.0 Å². The molecule has 28 heavy (non-hydrogen) atoms. The Morgan fingerprint density at radius 1 is 1.21 bits per heavy atom. The lowest BCUT2D eigenvalue weighted by Gasteiger charge is -2.26. The first-order valence-corrected chi connectivity index (χ1v) is 12.0. The van der Waals surface area contributed by atoms with E-state index in [2.05, 4.69) is 42.2 Å². The first-order chi connectivity index (χ1) is 13.5. The monoisotopic (exact) mass is 421 g/mol. The van der Waals surface area contributed by atoms with Crippen molar-refractivity contribution < 1.29 is 14.3 Å². The second-order valence-corrected chi connectivity index (χ2v) is 9.65. The van der Waals surface area contributed by atoms with Crippen LogP contribution in [0.3, 0.4) is 0 Å². The number of ether oxygens (including phenoxy) is 1. The Morgan fingerprint density at radius 3 is 2.54 bits per heavy atom. The Morgan fingerprint density at radius 2 is 1.93 bits per heavy atom. The number of thioether (sulfide) groups is 1. The van der Waals surface area contributed by atoms with E-state index in [-0.39, 0.29) is 5.92 Å². The average Bonchev–Trinajstić information content (AvgIpc) is 3.23. The summed E-state index contributed by atoms with van der Waals surface area (Å²) in [7, 11) is 0. The van der Waals surface area contributed by atoms with E-state index in [4.69, 9.17) is 4.74 Å². The van der Waals surface area contributed by atoms with Gasteiger partial charge in [0.05, 0.1) is 5.92 Å². The van der Waals surface area contributed by atoms with Crippen LogP contribution >= 0.6 is 24.4 Å². The molecule has 0 bridgehead atoms. The first-order valence-electron chi connectivity index (χ1n) is 10.4. The standard InChI is InChI=1S/C22H31NO3S2/c1-16(14-27)20(24)26-21(25)22(12-5-13-23-22)28-15-17-8-10-19(11-9-17)18-6-3-2-4-7-18/h8-11,16,18,23,27H,2-7,12-15H2,1H3/t16-,22-/m1/s1. The van der Waals surface area contributed by atoms with Gasteiger partial charge in [-0.3, -0.25) is 10.1 Å². The van der Waals surface area contributed by atoms with Crippen molar-refractivity contribution >= 4 is 36.3 Å². The van der Waals surface area contributed by atoms with Gasteiger partial charge in [-0.2, -0.15) is 12.6 Å². The molecule has 2 aliphatic rings. The van der Waals surface area contributed by atoms with Crippen molar-refractivity contribution in [3.8, 4) is 0 Å². The molecule has 0 radical (unpaired) electrons. The number of carbonyl (C=O) groups excluding carboxylic acids is 2. The van der Waals surface area contributed by atoms with Crippen LogP contribution in [-0.4, -0.2) is 29.1 Å². The quantitative estimate of drug-likeness (QED) is 0.380. The van der Waals surface area contributed by atoms with Gasteiger partial charge < -0.3 is 4.74 Å². The number of hydrogen-bond donors (Lipinski definition) is 2. The van der Waals surface area contributed by atoms with Crippen molar-refractivity contribution in [1.82, 2.24) is 5.32 Å². The van der Waals surface area contributed by atoms with Crippen LogP contribution in [0.15, 0.2) is 24.3 Å². The minimum atomic E-state index is -0.825. The third-order valence-electron chi connectivity index (χ3n) is 5.86. The van der Waals surface area contributed by atoms with E-state index in [0.29, 0.717) is 23.8 Å². The predicted molar refractivity (Wildman–Crippen MR) is 118 cm³/mol. The molecule has 2 atom stereocenters. The molecule has 0 unspecified atom stereocenters. The van der Waals surface area contributed by atoms with Gasteiger partial charge >= 0.3 is 11.9 Å². The molecule has 6 heteroatoms. The summed E-state index contributed by atoms with van der Waals surface area (Å²) in [5.41, 5.74) is 2.63. The molecule has 0 spiro atoms. The molecular weight excluding hydrogens is 390 g/mol. The fraction of sp³-hybridized carbons (Fsp3) is 0.636. The molecule has 4 nitrogen and oxygen atoms in total. The highest BCUT2D eigenvalue weighted by Crippen LogP contribution is 2.37. The van der Waals surface area contributed by atoms with Crippen molar-refractivity contribution in [1.29, 1.82) is 0 Å². The number of hydrogen-bond acceptors (Lipinski definition) is 6. The van der Waals surface area contributed by atoms with Crippen molar-refractivity contribution in [3.05, 3.63) is 35.4 Å². The third-order valence-corrected chi connectivity index (χ3v) is 7.89. The highest BCUT2D eigenvalue weighted by molar-refractivity contribution is 8.00. The largest absolute Gasteiger partial charge is 0.391 e. The fourth-order valence-corrected chi connectivity index (χ4v) is 5.36. The first kappa shape index (κ1) is 21.7. The second kappa shape index (κ2) is 10.2. The molecule has 1 aliphatic carbocycles. The van der Waals surface area contributed by atoms with E-state index in [1.54, 1.807) is 6.92 Å². The fourth-order valence-electron chi connectivity index (χ4n) is 3.95. The summed E-state index contributed by atoms with van der Waals surface area (Å²) in [6.07, 6.45) is 8.22. The summed E-state index contributed by atoms with van der Waals surface area (Å²) in [6.45, 7) is 2.48. The highest BCUT2D eigenvalue weighted by Gasteiger charge is 2.44. The topological polar surface area (TPSA) is 55.4 Å². The van der Waals surface area contributed by atoms with Gasteiger partial charge in [-0.15, -0.1) is 11.8 Å². The Bertz CT molecular complexity index is 665. The molecule has 1 saturated carbocycles. The lowest BCUT2D eigenvalue weighted by molar-refractivity contribution is -0.163. The van der Waals surface area contributed by atoms with Crippen LogP contribution in [0.1, 0.15) is 68.9 Å². The van der Waals surface area contributed by atoms with Crippen molar-refractivity contribution in [2.45, 2.75) is 68.4 Å². The molecule has 1 N–H and O–H groups in total.